The Morgan fingerprint density at radius 1 is 1.38 bits per heavy atom. The van der Waals surface area contributed by atoms with E-state index in [-0.39, 0.29) is 11.7 Å². The summed E-state index contributed by atoms with van der Waals surface area (Å²) >= 11 is 1.59. The van der Waals surface area contributed by atoms with Crippen molar-refractivity contribution in [3.05, 3.63) is 52.2 Å². The van der Waals surface area contributed by atoms with Crippen molar-refractivity contribution in [2.24, 2.45) is 5.16 Å². The number of hydrogen-bond acceptors (Lipinski definition) is 5. The number of thiophene rings is 1. The molecule has 0 spiro atoms. The molecule has 3 rings (SSSR count). The molecule has 21 heavy (non-hydrogen) atoms. The molecule has 0 saturated heterocycles. The van der Waals surface area contributed by atoms with Crippen molar-refractivity contribution in [1.29, 1.82) is 0 Å². The van der Waals surface area contributed by atoms with Crippen molar-refractivity contribution in [2.45, 2.75) is 19.1 Å². The molecule has 6 heteroatoms. The Morgan fingerprint density at radius 3 is 3.00 bits per heavy atom. The molecule has 2 heterocycles. The number of carbonyl (C=O) groups excluding carboxylic acids is 1. The van der Waals surface area contributed by atoms with Gasteiger partial charge in [-0.2, -0.15) is 0 Å². The maximum Gasteiger partial charge on any atom is 0.264 e. The Hall–Kier alpha value is -2.34. The maximum atomic E-state index is 12.0. The first kappa shape index (κ1) is 13.6. The number of rotatable bonds is 4. The summed E-state index contributed by atoms with van der Waals surface area (Å²) in [5, 5.41) is 18.5. The molecule has 1 amide bonds. The fraction of sp³-hybridized carbons (Fsp3) is 0.200. The highest BCUT2D eigenvalue weighted by atomic mass is 32.1. The van der Waals surface area contributed by atoms with Crippen LogP contribution in [0, 0.1) is 0 Å². The van der Waals surface area contributed by atoms with Crippen LogP contribution in [0.5, 0.6) is 5.75 Å². The van der Waals surface area contributed by atoms with Crippen LogP contribution < -0.4 is 5.32 Å². The Labute approximate surface area is 125 Å². The van der Waals surface area contributed by atoms with Gasteiger partial charge in [0.05, 0.1) is 12.3 Å². The second-order valence-corrected chi connectivity index (χ2v) is 5.68. The number of phenols is 1. The third-order valence-electron chi connectivity index (χ3n) is 3.19. The predicted octanol–water partition coefficient (Wildman–Crippen LogP) is 2.26. The average Bonchev–Trinajstić information content (AvgIpc) is 3.17. The Kier molecular flexibility index (Phi) is 3.87. The second kappa shape index (κ2) is 5.97. The van der Waals surface area contributed by atoms with Crippen LogP contribution in [0.4, 0.5) is 0 Å². The highest BCUT2D eigenvalue weighted by molar-refractivity contribution is 7.09. The van der Waals surface area contributed by atoms with Crippen LogP contribution in [0.25, 0.3) is 0 Å². The molecule has 1 aliphatic heterocycles. The first-order valence-corrected chi connectivity index (χ1v) is 7.43. The van der Waals surface area contributed by atoms with Crippen LogP contribution in [0.15, 0.2) is 46.9 Å². The van der Waals surface area contributed by atoms with Gasteiger partial charge in [0, 0.05) is 16.9 Å². The zero-order chi connectivity index (χ0) is 14.7. The van der Waals surface area contributed by atoms with Crippen molar-refractivity contribution >= 4 is 23.0 Å². The van der Waals surface area contributed by atoms with E-state index in [2.05, 4.69) is 10.5 Å². The highest BCUT2D eigenvalue weighted by Gasteiger charge is 2.29. The first-order valence-electron chi connectivity index (χ1n) is 6.55. The van der Waals surface area contributed by atoms with Gasteiger partial charge in [0.25, 0.3) is 5.91 Å². The van der Waals surface area contributed by atoms with E-state index in [4.69, 9.17) is 4.84 Å². The Morgan fingerprint density at radius 2 is 2.24 bits per heavy atom. The van der Waals surface area contributed by atoms with Gasteiger partial charge in [-0.25, -0.2) is 0 Å². The van der Waals surface area contributed by atoms with Gasteiger partial charge in [-0.15, -0.1) is 11.3 Å². The van der Waals surface area contributed by atoms with Gasteiger partial charge >= 0.3 is 0 Å². The normalized spacial score (nSPS) is 17.1. The van der Waals surface area contributed by atoms with Crippen LogP contribution >= 0.6 is 11.3 Å². The molecule has 0 radical (unpaired) electrons. The minimum Gasteiger partial charge on any atom is -0.507 e. The molecule has 2 aromatic rings. The number of carbonyl (C=O) groups is 1. The summed E-state index contributed by atoms with van der Waals surface area (Å²) in [6, 6.07) is 10.8. The molecular formula is C15H14N2O3S. The Balaban J connectivity index is 1.58. The van der Waals surface area contributed by atoms with E-state index in [1.807, 2.05) is 23.6 Å². The highest BCUT2D eigenvalue weighted by Crippen LogP contribution is 2.23. The number of phenolic OH excluding ortho intramolecular Hbond substituents is 1. The van der Waals surface area contributed by atoms with E-state index >= 15 is 0 Å². The molecule has 1 aromatic heterocycles. The molecule has 2 N–H and O–H groups in total. The van der Waals surface area contributed by atoms with Crippen LogP contribution in [-0.4, -0.2) is 22.8 Å². The van der Waals surface area contributed by atoms with Crippen LogP contribution in [-0.2, 0) is 16.2 Å². The van der Waals surface area contributed by atoms with Gasteiger partial charge in [0.15, 0.2) is 0 Å². The first-order chi connectivity index (χ1) is 10.2. The molecule has 1 atom stereocenters. The number of nitrogens with one attached hydrogen (secondary N) is 1. The fourth-order valence-electron chi connectivity index (χ4n) is 2.10. The largest absolute Gasteiger partial charge is 0.507 e. The van der Waals surface area contributed by atoms with Gasteiger partial charge in [-0.3, -0.25) is 4.79 Å². The van der Waals surface area contributed by atoms with Gasteiger partial charge in [0.2, 0.25) is 6.10 Å². The van der Waals surface area contributed by atoms with Gasteiger partial charge < -0.3 is 15.3 Å². The maximum absolute atomic E-state index is 12.0. The van der Waals surface area contributed by atoms with E-state index in [1.165, 1.54) is 0 Å². The van der Waals surface area contributed by atoms with Crippen LogP contribution in [0.3, 0.4) is 0 Å². The van der Waals surface area contributed by atoms with Crippen LogP contribution in [0.1, 0.15) is 16.9 Å². The van der Waals surface area contributed by atoms with Crippen molar-refractivity contribution in [1.82, 2.24) is 5.32 Å². The zero-order valence-electron chi connectivity index (χ0n) is 11.2. The third-order valence-corrected chi connectivity index (χ3v) is 4.07. The molecule has 0 saturated carbocycles. The Bertz CT molecular complexity index is 667. The summed E-state index contributed by atoms with van der Waals surface area (Å²) in [6.07, 6.45) is -0.284. The number of para-hydroxylation sites is 1. The summed E-state index contributed by atoms with van der Waals surface area (Å²) in [5.41, 5.74) is 1.19. The van der Waals surface area contributed by atoms with Crippen molar-refractivity contribution in [3.8, 4) is 5.75 Å². The summed E-state index contributed by atoms with van der Waals surface area (Å²) in [7, 11) is 0. The molecule has 5 nitrogen and oxygen atoms in total. The topological polar surface area (TPSA) is 70.9 Å². The van der Waals surface area contributed by atoms with E-state index < -0.39 is 6.10 Å². The number of oxime groups is 1. The monoisotopic (exact) mass is 302 g/mol. The molecular weight excluding hydrogens is 288 g/mol. The smallest absolute Gasteiger partial charge is 0.264 e. The number of benzene rings is 1. The number of nitrogens with zero attached hydrogens (tertiary/aromatic N) is 1. The minimum atomic E-state index is -0.639. The number of hydrogen-bond donors (Lipinski definition) is 2. The standard InChI is InChI=1S/C15H14N2O3S/c18-13-6-2-1-5-11(13)12-8-14(20-17-12)15(19)16-9-10-4-3-7-21-10/h1-7,14,18H,8-9H2,(H,16,19)/t14-/m0/s1. The molecule has 1 aromatic carbocycles. The van der Waals surface area contributed by atoms with E-state index in [9.17, 15) is 9.90 Å². The van der Waals surface area contributed by atoms with Crippen molar-refractivity contribution < 1.29 is 14.7 Å². The number of aromatic hydroxyl groups is 1. The lowest BCUT2D eigenvalue weighted by atomic mass is 10.0. The van der Waals surface area contributed by atoms with Crippen molar-refractivity contribution in [2.75, 3.05) is 0 Å². The lowest BCUT2D eigenvalue weighted by Crippen LogP contribution is -2.34. The van der Waals surface area contributed by atoms with Gasteiger partial charge in [-0.05, 0) is 23.6 Å². The van der Waals surface area contributed by atoms with Gasteiger partial charge in [0.1, 0.15) is 5.75 Å². The lowest BCUT2D eigenvalue weighted by molar-refractivity contribution is -0.131. The minimum absolute atomic E-state index is 0.138. The average molecular weight is 302 g/mol. The number of amides is 1. The molecule has 108 valence electrons. The summed E-state index contributed by atoms with van der Waals surface area (Å²) in [4.78, 5) is 18.3. The van der Waals surface area contributed by atoms with Crippen molar-refractivity contribution in [3.63, 3.8) is 0 Å². The van der Waals surface area contributed by atoms with E-state index in [0.717, 1.165) is 4.88 Å². The summed E-state index contributed by atoms with van der Waals surface area (Å²) < 4.78 is 0. The summed E-state index contributed by atoms with van der Waals surface area (Å²) in [6.45, 7) is 0.488. The molecule has 0 aliphatic carbocycles. The summed E-state index contributed by atoms with van der Waals surface area (Å²) in [5.74, 6) is -0.0583. The quantitative estimate of drug-likeness (QED) is 0.910. The van der Waals surface area contributed by atoms with E-state index in [0.29, 0.717) is 24.2 Å². The molecule has 1 aliphatic rings. The fourth-order valence-corrected chi connectivity index (χ4v) is 2.74. The predicted molar refractivity (Wildman–Crippen MR) is 80.3 cm³/mol. The molecule has 0 fully saturated rings. The lowest BCUT2D eigenvalue weighted by Gasteiger charge is -2.08. The SMILES string of the molecule is O=C(NCc1cccs1)[C@@H]1CC(c2ccccc2O)=NO1. The van der Waals surface area contributed by atoms with Gasteiger partial charge in [-0.1, -0.05) is 23.4 Å². The molecule has 0 bridgehead atoms. The third kappa shape index (κ3) is 3.05. The molecule has 0 unspecified atom stereocenters. The van der Waals surface area contributed by atoms with E-state index in [1.54, 1.807) is 29.5 Å². The second-order valence-electron chi connectivity index (χ2n) is 4.65. The zero-order valence-corrected chi connectivity index (χ0v) is 12.0. The van der Waals surface area contributed by atoms with Crippen LogP contribution in [0.2, 0.25) is 0 Å².